The van der Waals surface area contributed by atoms with Crippen LogP contribution in [0.5, 0.6) is 11.5 Å². The quantitative estimate of drug-likeness (QED) is 0.724. The fourth-order valence-electron chi connectivity index (χ4n) is 1.96. The molecular weight excluding hydrogens is 248 g/mol. The van der Waals surface area contributed by atoms with Gasteiger partial charge in [-0.15, -0.1) is 6.42 Å². The van der Waals surface area contributed by atoms with Gasteiger partial charge in [-0.05, 0) is 23.8 Å². The third-order valence-electron chi connectivity index (χ3n) is 2.80. The van der Waals surface area contributed by atoms with Crippen LogP contribution in [0.2, 0.25) is 5.02 Å². The molecule has 0 atom stereocenters. The van der Waals surface area contributed by atoms with Gasteiger partial charge >= 0.3 is 0 Å². The van der Waals surface area contributed by atoms with Gasteiger partial charge in [0.05, 0.1) is 0 Å². The average Bonchev–Trinajstić information content (AvgIpc) is 2.84. The zero-order valence-electron chi connectivity index (χ0n) is 9.44. The molecule has 0 N–H and O–H groups in total. The van der Waals surface area contributed by atoms with E-state index in [-0.39, 0.29) is 6.79 Å². The minimum atomic E-state index is 0.234. The van der Waals surface area contributed by atoms with E-state index in [0.29, 0.717) is 16.5 Å². The van der Waals surface area contributed by atoms with Gasteiger partial charge in [-0.1, -0.05) is 29.7 Å². The minimum absolute atomic E-state index is 0.234. The summed E-state index contributed by atoms with van der Waals surface area (Å²) in [5, 5.41) is 0.674. The molecular formula is C15H9ClO2. The molecule has 2 aromatic carbocycles. The first kappa shape index (κ1) is 11.0. The normalized spacial score (nSPS) is 12.2. The van der Waals surface area contributed by atoms with Gasteiger partial charge in [0.2, 0.25) is 6.79 Å². The van der Waals surface area contributed by atoms with E-state index in [9.17, 15) is 0 Å². The Kier molecular flexibility index (Phi) is 2.62. The van der Waals surface area contributed by atoms with Crippen LogP contribution in [-0.4, -0.2) is 6.79 Å². The van der Waals surface area contributed by atoms with Gasteiger partial charge in [0.15, 0.2) is 11.5 Å². The van der Waals surface area contributed by atoms with E-state index in [0.717, 1.165) is 16.7 Å². The van der Waals surface area contributed by atoms with E-state index in [1.54, 1.807) is 0 Å². The lowest BCUT2D eigenvalue weighted by molar-refractivity contribution is 0.174. The van der Waals surface area contributed by atoms with Gasteiger partial charge < -0.3 is 9.47 Å². The molecule has 0 saturated carbocycles. The Balaban J connectivity index is 2.20. The molecule has 0 spiro atoms. The molecule has 0 fully saturated rings. The summed E-state index contributed by atoms with van der Waals surface area (Å²) in [6.45, 7) is 0.234. The summed E-state index contributed by atoms with van der Waals surface area (Å²) in [6.07, 6.45) is 5.54. The van der Waals surface area contributed by atoms with Crippen LogP contribution in [-0.2, 0) is 0 Å². The van der Waals surface area contributed by atoms with Crippen LogP contribution in [0.15, 0.2) is 36.4 Å². The van der Waals surface area contributed by atoms with Crippen LogP contribution in [0.3, 0.4) is 0 Å². The van der Waals surface area contributed by atoms with Crippen molar-refractivity contribution in [1.29, 1.82) is 0 Å². The Bertz CT molecular complexity index is 656. The third kappa shape index (κ3) is 1.79. The van der Waals surface area contributed by atoms with Crippen molar-refractivity contribution in [2.75, 3.05) is 6.79 Å². The molecule has 0 aromatic heterocycles. The first-order chi connectivity index (χ1) is 8.78. The largest absolute Gasteiger partial charge is 0.454 e. The van der Waals surface area contributed by atoms with Crippen LogP contribution < -0.4 is 9.47 Å². The average molecular weight is 257 g/mol. The molecule has 1 aliphatic rings. The highest BCUT2D eigenvalue weighted by molar-refractivity contribution is 6.30. The molecule has 3 rings (SSSR count). The Labute approximate surface area is 110 Å². The van der Waals surface area contributed by atoms with Gasteiger partial charge in [-0.2, -0.15) is 0 Å². The van der Waals surface area contributed by atoms with Crippen molar-refractivity contribution in [3.05, 3.63) is 47.0 Å². The van der Waals surface area contributed by atoms with E-state index in [4.69, 9.17) is 27.5 Å². The summed E-state index contributed by atoms with van der Waals surface area (Å²) >= 11 is 6.00. The highest BCUT2D eigenvalue weighted by Crippen LogP contribution is 2.38. The Morgan fingerprint density at radius 3 is 2.61 bits per heavy atom. The molecule has 1 heterocycles. The number of benzene rings is 2. The van der Waals surface area contributed by atoms with Crippen LogP contribution in [0.25, 0.3) is 11.1 Å². The van der Waals surface area contributed by atoms with Gasteiger partial charge in [0.1, 0.15) is 0 Å². The summed E-state index contributed by atoms with van der Waals surface area (Å²) in [5.41, 5.74) is 2.65. The number of rotatable bonds is 1. The van der Waals surface area contributed by atoms with Crippen molar-refractivity contribution in [3.8, 4) is 35.0 Å². The van der Waals surface area contributed by atoms with Crippen LogP contribution >= 0.6 is 11.6 Å². The number of halogens is 1. The molecule has 1 aliphatic heterocycles. The molecule has 3 heteroatoms. The van der Waals surface area contributed by atoms with Gasteiger partial charge in [-0.25, -0.2) is 0 Å². The van der Waals surface area contributed by atoms with Crippen molar-refractivity contribution in [1.82, 2.24) is 0 Å². The molecule has 0 unspecified atom stereocenters. The number of ether oxygens (including phenoxy) is 2. The van der Waals surface area contributed by atoms with Crippen molar-refractivity contribution in [3.63, 3.8) is 0 Å². The lowest BCUT2D eigenvalue weighted by Gasteiger charge is -2.07. The van der Waals surface area contributed by atoms with E-state index < -0.39 is 0 Å². The van der Waals surface area contributed by atoms with Crippen molar-refractivity contribution >= 4 is 11.6 Å². The molecule has 0 aliphatic carbocycles. The standard InChI is InChI=1S/C15H9ClO2/c1-2-10-7-14-15(18-9-17-14)8-13(10)11-4-3-5-12(16)6-11/h1,3-8H,9H2. The van der Waals surface area contributed by atoms with E-state index in [1.807, 2.05) is 36.4 Å². The maximum atomic E-state index is 6.00. The summed E-state index contributed by atoms with van der Waals surface area (Å²) in [6, 6.07) is 11.3. The van der Waals surface area contributed by atoms with Crippen LogP contribution in [0.1, 0.15) is 5.56 Å². The van der Waals surface area contributed by atoms with Gasteiger partial charge in [-0.3, -0.25) is 0 Å². The number of hydrogen-bond donors (Lipinski definition) is 0. The highest BCUT2D eigenvalue weighted by atomic mass is 35.5. The minimum Gasteiger partial charge on any atom is -0.454 e. The lowest BCUT2D eigenvalue weighted by atomic mass is 9.99. The molecule has 2 nitrogen and oxygen atoms in total. The second-order valence-corrected chi connectivity index (χ2v) is 4.34. The third-order valence-corrected chi connectivity index (χ3v) is 3.04. The molecule has 18 heavy (non-hydrogen) atoms. The SMILES string of the molecule is C#Cc1cc2c(cc1-c1cccc(Cl)c1)OCO2. The smallest absolute Gasteiger partial charge is 0.231 e. The molecule has 88 valence electrons. The van der Waals surface area contributed by atoms with Crippen molar-refractivity contribution in [2.24, 2.45) is 0 Å². The fraction of sp³-hybridized carbons (Fsp3) is 0.0667. The zero-order valence-corrected chi connectivity index (χ0v) is 10.2. The summed E-state index contributed by atoms with van der Waals surface area (Å²) in [7, 11) is 0. The second-order valence-electron chi connectivity index (χ2n) is 3.91. The van der Waals surface area contributed by atoms with Gasteiger partial charge in [0, 0.05) is 22.2 Å². The first-order valence-corrected chi connectivity index (χ1v) is 5.82. The molecule has 0 radical (unpaired) electrons. The Morgan fingerprint density at radius 2 is 1.89 bits per heavy atom. The molecule has 2 aromatic rings. The zero-order chi connectivity index (χ0) is 12.5. The Hall–Kier alpha value is -2.11. The highest BCUT2D eigenvalue weighted by Gasteiger charge is 2.17. The predicted octanol–water partition coefficient (Wildman–Crippen LogP) is 3.72. The molecule has 0 bridgehead atoms. The topological polar surface area (TPSA) is 18.5 Å². The number of terminal acetylenes is 1. The lowest BCUT2D eigenvalue weighted by Crippen LogP contribution is -1.92. The Morgan fingerprint density at radius 1 is 1.11 bits per heavy atom. The fourth-order valence-corrected chi connectivity index (χ4v) is 2.15. The summed E-state index contributed by atoms with van der Waals surface area (Å²) in [5.74, 6) is 4.07. The first-order valence-electron chi connectivity index (χ1n) is 5.44. The second kappa shape index (κ2) is 4.29. The van der Waals surface area contributed by atoms with Crippen molar-refractivity contribution in [2.45, 2.75) is 0 Å². The van der Waals surface area contributed by atoms with E-state index in [1.165, 1.54) is 0 Å². The van der Waals surface area contributed by atoms with Crippen LogP contribution in [0.4, 0.5) is 0 Å². The monoisotopic (exact) mass is 256 g/mol. The van der Waals surface area contributed by atoms with Gasteiger partial charge in [0.25, 0.3) is 0 Å². The molecule has 0 amide bonds. The maximum absolute atomic E-state index is 6.00. The number of hydrogen-bond acceptors (Lipinski definition) is 2. The van der Waals surface area contributed by atoms with E-state index >= 15 is 0 Å². The number of fused-ring (bicyclic) bond motifs is 1. The maximum Gasteiger partial charge on any atom is 0.231 e. The summed E-state index contributed by atoms with van der Waals surface area (Å²) in [4.78, 5) is 0. The van der Waals surface area contributed by atoms with Crippen LogP contribution in [0, 0.1) is 12.3 Å². The van der Waals surface area contributed by atoms with E-state index in [2.05, 4.69) is 5.92 Å². The molecule has 0 saturated heterocycles. The predicted molar refractivity (Wildman–Crippen MR) is 70.9 cm³/mol. The van der Waals surface area contributed by atoms with Crippen molar-refractivity contribution < 1.29 is 9.47 Å². The summed E-state index contributed by atoms with van der Waals surface area (Å²) < 4.78 is 10.7.